The molecule has 0 radical (unpaired) electrons. The first-order valence-corrected chi connectivity index (χ1v) is 6.71. The molecule has 1 heterocycles. The molecule has 0 saturated carbocycles. The van der Waals surface area contributed by atoms with Crippen LogP contribution in [0.1, 0.15) is 31.7 Å². The maximum absolute atomic E-state index is 5.76. The van der Waals surface area contributed by atoms with Gasteiger partial charge in [0.15, 0.2) is 0 Å². The summed E-state index contributed by atoms with van der Waals surface area (Å²) in [6, 6.07) is 10.3. The summed E-state index contributed by atoms with van der Waals surface area (Å²) in [6.45, 7) is 4.32. The number of allylic oxidation sites excluding steroid dienone is 2. The largest absolute Gasteiger partial charge is 0.374 e. The Morgan fingerprint density at radius 3 is 2.78 bits per heavy atom. The van der Waals surface area contributed by atoms with Gasteiger partial charge in [-0.3, -0.25) is 0 Å². The number of unbranched alkanes of at least 4 members (excludes halogenated alkanes) is 1. The third-order valence-corrected chi connectivity index (χ3v) is 3.27. The molecule has 2 nitrogen and oxygen atoms in total. The minimum Gasteiger partial charge on any atom is -0.374 e. The van der Waals surface area contributed by atoms with Crippen molar-refractivity contribution < 1.29 is 9.47 Å². The average Bonchev–Trinajstić information content (AvgIpc) is 3.17. The van der Waals surface area contributed by atoms with Crippen molar-refractivity contribution >= 4 is 0 Å². The van der Waals surface area contributed by atoms with Crippen LogP contribution < -0.4 is 0 Å². The zero-order chi connectivity index (χ0) is 12.7. The third-order valence-electron chi connectivity index (χ3n) is 3.27. The van der Waals surface area contributed by atoms with Crippen molar-refractivity contribution in [3.63, 3.8) is 0 Å². The third kappa shape index (κ3) is 4.28. The van der Waals surface area contributed by atoms with Gasteiger partial charge in [-0.05, 0) is 31.7 Å². The standard InChI is InChI=1S/C16H22O2/c1-2-3-4-8-11-16(14-18-16)13-17-12-15-9-6-5-7-10-15/h2-3,5-7,9-10H,4,8,11-14H2,1H3/b3-2-/t16-/m0/s1. The lowest BCUT2D eigenvalue weighted by Crippen LogP contribution is -2.19. The highest BCUT2D eigenvalue weighted by Crippen LogP contribution is 2.33. The molecule has 0 aliphatic carbocycles. The quantitative estimate of drug-likeness (QED) is 0.396. The maximum Gasteiger partial charge on any atom is 0.115 e. The average molecular weight is 246 g/mol. The summed E-state index contributed by atoms with van der Waals surface area (Å²) >= 11 is 0. The summed E-state index contributed by atoms with van der Waals surface area (Å²) in [5, 5.41) is 0. The van der Waals surface area contributed by atoms with E-state index in [1.54, 1.807) is 0 Å². The molecule has 0 bridgehead atoms. The van der Waals surface area contributed by atoms with Crippen LogP contribution in [-0.2, 0) is 16.1 Å². The predicted molar refractivity (Wildman–Crippen MR) is 73.4 cm³/mol. The molecule has 1 aliphatic heterocycles. The molecule has 0 amide bonds. The van der Waals surface area contributed by atoms with Gasteiger partial charge in [-0.2, -0.15) is 0 Å². The molecule has 1 aromatic rings. The van der Waals surface area contributed by atoms with E-state index in [0.717, 1.165) is 26.1 Å². The monoisotopic (exact) mass is 246 g/mol. The SMILES string of the molecule is C/C=C\CCC[C@]1(COCc2ccccc2)CO1. The number of epoxide rings is 1. The van der Waals surface area contributed by atoms with E-state index in [2.05, 4.69) is 31.2 Å². The number of benzene rings is 1. The van der Waals surface area contributed by atoms with Crippen LogP contribution in [0.2, 0.25) is 0 Å². The van der Waals surface area contributed by atoms with Gasteiger partial charge in [0.05, 0.1) is 19.8 Å². The van der Waals surface area contributed by atoms with Crippen LogP contribution in [0.5, 0.6) is 0 Å². The van der Waals surface area contributed by atoms with E-state index in [9.17, 15) is 0 Å². The van der Waals surface area contributed by atoms with Crippen molar-refractivity contribution in [2.24, 2.45) is 0 Å². The number of hydrogen-bond acceptors (Lipinski definition) is 2. The smallest absolute Gasteiger partial charge is 0.115 e. The first kappa shape index (κ1) is 13.3. The molecule has 1 aromatic carbocycles. The van der Waals surface area contributed by atoms with E-state index < -0.39 is 0 Å². The lowest BCUT2D eigenvalue weighted by molar-refractivity contribution is 0.0635. The molecule has 2 rings (SSSR count). The van der Waals surface area contributed by atoms with Crippen LogP contribution in [0.15, 0.2) is 42.5 Å². The van der Waals surface area contributed by atoms with Crippen molar-refractivity contribution in [2.45, 2.75) is 38.4 Å². The van der Waals surface area contributed by atoms with Crippen LogP contribution in [0.4, 0.5) is 0 Å². The van der Waals surface area contributed by atoms with Crippen LogP contribution in [0, 0.1) is 0 Å². The van der Waals surface area contributed by atoms with Crippen molar-refractivity contribution in [1.82, 2.24) is 0 Å². The van der Waals surface area contributed by atoms with E-state index in [1.807, 2.05) is 18.2 Å². The Labute approximate surface area is 110 Å². The van der Waals surface area contributed by atoms with Gasteiger partial charge in [0.1, 0.15) is 5.60 Å². The van der Waals surface area contributed by atoms with E-state index in [4.69, 9.17) is 9.47 Å². The van der Waals surface area contributed by atoms with Crippen molar-refractivity contribution in [2.75, 3.05) is 13.2 Å². The summed E-state index contributed by atoms with van der Waals surface area (Å²) in [6.07, 6.45) is 7.73. The molecular weight excluding hydrogens is 224 g/mol. The number of ether oxygens (including phenoxy) is 2. The van der Waals surface area contributed by atoms with Crippen LogP contribution in [0.3, 0.4) is 0 Å². The molecule has 1 atom stereocenters. The second-order valence-corrected chi connectivity index (χ2v) is 4.91. The molecule has 18 heavy (non-hydrogen) atoms. The fourth-order valence-electron chi connectivity index (χ4n) is 2.04. The molecule has 0 aromatic heterocycles. The van der Waals surface area contributed by atoms with Crippen LogP contribution in [0.25, 0.3) is 0 Å². The highest BCUT2D eigenvalue weighted by atomic mass is 16.6. The summed E-state index contributed by atoms with van der Waals surface area (Å²) in [4.78, 5) is 0. The van der Waals surface area contributed by atoms with Gasteiger partial charge in [-0.25, -0.2) is 0 Å². The Bertz CT molecular complexity index is 366. The first-order valence-electron chi connectivity index (χ1n) is 6.71. The summed E-state index contributed by atoms with van der Waals surface area (Å²) < 4.78 is 11.3. The van der Waals surface area contributed by atoms with Gasteiger partial charge < -0.3 is 9.47 Å². The minimum atomic E-state index is 0.0242. The highest BCUT2D eigenvalue weighted by Gasteiger charge is 2.44. The fourth-order valence-corrected chi connectivity index (χ4v) is 2.04. The molecule has 0 spiro atoms. The Kier molecular flexibility index (Phi) is 4.97. The molecule has 2 heteroatoms. The van der Waals surface area contributed by atoms with E-state index in [1.165, 1.54) is 12.0 Å². The highest BCUT2D eigenvalue weighted by molar-refractivity contribution is 5.13. The molecule has 1 aliphatic rings. The summed E-state index contributed by atoms with van der Waals surface area (Å²) in [7, 11) is 0. The van der Waals surface area contributed by atoms with Gasteiger partial charge in [-0.15, -0.1) is 0 Å². The normalized spacial score (nSPS) is 22.5. The van der Waals surface area contributed by atoms with Gasteiger partial charge in [0, 0.05) is 0 Å². The topological polar surface area (TPSA) is 21.8 Å². The minimum absolute atomic E-state index is 0.0242. The number of hydrogen-bond donors (Lipinski definition) is 0. The first-order chi connectivity index (χ1) is 8.85. The molecule has 98 valence electrons. The summed E-state index contributed by atoms with van der Waals surface area (Å²) in [5.74, 6) is 0. The Balaban J connectivity index is 1.64. The van der Waals surface area contributed by atoms with Gasteiger partial charge in [0.2, 0.25) is 0 Å². The Morgan fingerprint density at radius 2 is 2.11 bits per heavy atom. The zero-order valence-corrected chi connectivity index (χ0v) is 11.1. The molecule has 1 fully saturated rings. The second-order valence-electron chi connectivity index (χ2n) is 4.91. The lowest BCUT2D eigenvalue weighted by atomic mass is 10.0. The van der Waals surface area contributed by atoms with Crippen molar-refractivity contribution in [3.8, 4) is 0 Å². The Morgan fingerprint density at radius 1 is 1.33 bits per heavy atom. The zero-order valence-electron chi connectivity index (χ0n) is 11.1. The second kappa shape index (κ2) is 6.72. The Hall–Kier alpha value is -1.12. The molecular formula is C16H22O2. The molecule has 1 saturated heterocycles. The van der Waals surface area contributed by atoms with Gasteiger partial charge >= 0.3 is 0 Å². The van der Waals surface area contributed by atoms with Crippen molar-refractivity contribution in [1.29, 1.82) is 0 Å². The van der Waals surface area contributed by atoms with Gasteiger partial charge in [0.25, 0.3) is 0 Å². The van der Waals surface area contributed by atoms with E-state index >= 15 is 0 Å². The number of rotatable bonds is 8. The van der Waals surface area contributed by atoms with Gasteiger partial charge in [-0.1, -0.05) is 42.5 Å². The van der Waals surface area contributed by atoms with Crippen LogP contribution >= 0.6 is 0 Å². The predicted octanol–water partition coefficient (Wildman–Crippen LogP) is 3.72. The van der Waals surface area contributed by atoms with E-state index in [-0.39, 0.29) is 5.60 Å². The fraction of sp³-hybridized carbons (Fsp3) is 0.500. The lowest BCUT2D eigenvalue weighted by Gasteiger charge is -2.11. The molecule has 0 unspecified atom stereocenters. The maximum atomic E-state index is 5.76. The van der Waals surface area contributed by atoms with E-state index in [0.29, 0.717) is 6.61 Å². The van der Waals surface area contributed by atoms with Crippen molar-refractivity contribution in [3.05, 3.63) is 48.0 Å². The summed E-state index contributed by atoms with van der Waals surface area (Å²) in [5.41, 5.74) is 1.25. The molecule has 0 N–H and O–H groups in total. The van der Waals surface area contributed by atoms with Crippen LogP contribution in [-0.4, -0.2) is 18.8 Å².